The molecule has 2 N–H and O–H groups in total. The predicted molar refractivity (Wildman–Crippen MR) is 32.3 cm³/mol. The molecule has 0 aromatic heterocycles. The van der Waals surface area contributed by atoms with E-state index in [1.807, 2.05) is 0 Å². The summed E-state index contributed by atoms with van der Waals surface area (Å²) in [6, 6.07) is 0. The molecular formula is C6H8O4. The van der Waals surface area contributed by atoms with E-state index < -0.39 is 18.2 Å². The van der Waals surface area contributed by atoms with Crippen molar-refractivity contribution in [2.75, 3.05) is 0 Å². The molecule has 56 valence electrons. The molecule has 0 amide bonds. The summed E-state index contributed by atoms with van der Waals surface area (Å²) in [6.07, 6.45) is -0.872. The third-order valence-electron chi connectivity index (χ3n) is 1.28. The minimum atomic E-state index is -1.31. The number of hydrogen-bond acceptors (Lipinski definition) is 4. The first-order chi connectivity index (χ1) is 4.61. The lowest BCUT2D eigenvalue weighted by molar-refractivity contribution is -0.157. The van der Waals surface area contributed by atoms with Gasteiger partial charge in [-0.3, -0.25) is 0 Å². The van der Waals surface area contributed by atoms with E-state index in [4.69, 9.17) is 10.2 Å². The Hall–Kier alpha value is -1.03. The second kappa shape index (κ2) is 2.30. The van der Waals surface area contributed by atoms with E-state index in [0.717, 1.165) is 6.08 Å². The van der Waals surface area contributed by atoms with Gasteiger partial charge in [0.25, 0.3) is 0 Å². The number of ether oxygens (including phenoxy) is 1. The summed E-state index contributed by atoms with van der Waals surface area (Å²) >= 11 is 0. The summed E-state index contributed by atoms with van der Waals surface area (Å²) in [6.45, 7) is 1.52. The van der Waals surface area contributed by atoms with Crippen molar-refractivity contribution in [2.45, 2.75) is 19.1 Å². The highest BCUT2D eigenvalue weighted by molar-refractivity contribution is 5.78. The highest BCUT2D eigenvalue weighted by Gasteiger charge is 2.25. The summed E-state index contributed by atoms with van der Waals surface area (Å²) in [5.41, 5.74) is 0. The maximum atomic E-state index is 10.5. The Balaban J connectivity index is 2.79. The van der Waals surface area contributed by atoms with Gasteiger partial charge in [-0.1, -0.05) is 0 Å². The minimum absolute atomic E-state index is 0.105. The smallest absolute Gasteiger partial charge is 0.339 e. The molecule has 0 spiro atoms. The third kappa shape index (κ3) is 1.11. The fourth-order valence-corrected chi connectivity index (χ4v) is 0.670. The highest BCUT2D eigenvalue weighted by Crippen LogP contribution is 2.11. The summed E-state index contributed by atoms with van der Waals surface area (Å²) in [7, 11) is 0. The molecule has 0 aromatic carbocycles. The van der Waals surface area contributed by atoms with E-state index in [1.54, 1.807) is 0 Å². The Morgan fingerprint density at radius 1 is 1.70 bits per heavy atom. The largest absolute Gasteiger partial charge is 0.509 e. The van der Waals surface area contributed by atoms with Crippen molar-refractivity contribution in [3.63, 3.8) is 0 Å². The van der Waals surface area contributed by atoms with E-state index in [0.29, 0.717) is 0 Å². The zero-order chi connectivity index (χ0) is 7.72. The van der Waals surface area contributed by atoms with Gasteiger partial charge in [0, 0.05) is 0 Å². The van der Waals surface area contributed by atoms with E-state index in [1.165, 1.54) is 6.92 Å². The van der Waals surface area contributed by atoms with Crippen LogP contribution in [0, 0.1) is 0 Å². The molecule has 2 atom stereocenters. The molecular weight excluding hydrogens is 136 g/mol. The van der Waals surface area contributed by atoms with Gasteiger partial charge in [0.05, 0.1) is 0 Å². The Morgan fingerprint density at radius 3 is 2.80 bits per heavy atom. The molecule has 0 radical (unpaired) electrons. The molecule has 4 heteroatoms. The predicted octanol–water partition coefficient (Wildman–Crippen LogP) is -0.265. The molecule has 0 bridgehead atoms. The molecule has 2 unspecified atom stereocenters. The first-order valence-corrected chi connectivity index (χ1v) is 2.90. The quantitative estimate of drug-likeness (QED) is 0.459. The molecule has 10 heavy (non-hydrogen) atoms. The van der Waals surface area contributed by atoms with Gasteiger partial charge in [-0.15, -0.1) is 0 Å². The van der Waals surface area contributed by atoms with Crippen LogP contribution in [-0.2, 0) is 9.53 Å². The van der Waals surface area contributed by atoms with Gasteiger partial charge in [0.1, 0.15) is 5.76 Å². The first-order valence-electron chi connectivity index (χ1n) is 2.90. The van der Waals surface area contributed by atoms with Gasteiger partial charge >= 0.3 is 5.97 Å². The molecule has 0 aliphatic carbocycles. The van der Waals surface area contributed by atoms with E-state index in [-0.39, 0.29) is 5.76 Å². The van der Waals surface area contributed by atoms with Crippen molar-refractivity contribution >= 4 is 5.97 Å². The van der Waals surface area contributed by atoms with Crippen molar-refractivity contribution in [2.24, 2.45) is 0 Å². The number of aliphatic hydroxyl groups excluding tert-OH is 2. The topological polar surface area (TPSA) is 66.8 Å². The van der Waals surface area contributed by atoms with Crippen LogP contribution in [-0.4, -0.2) is 28.4 Å². The first kappa shape index (κ1) is 7.08. The number of rotatable bonds is 0. The van der Waals surface area contributed by atoms with Crippen LogP contribution < -0.4 is 0 Å². The lowest BCUT2D eigenvalue weighted by Crippen LogP contribution is -2.31. The zero-order valence-corrected chi connectivity index (χ0v) is 5.44. The van der Waals surface area contributed by atoms with Crippen LogP contribution in [0.2, 0.25) is 0 Å². The van der Waals surface area contributed by atoms with Gasteiger partial charge in [-0.05, 0) is 13.0 Å². The molecule has 1 aliphatic rings. The number of carbonyl (C=O) groups is 1. The second-order valence-electron chi connectivity index (χ2n) is 2.12. The van der Waals surface area contributed by atoms with Crippen LogP contribution in [0.3, 0.4) is 0 Å². The molecule has 0 saturated heterocycles. The van der Waals surface area contributed by atoms with Crippen LogP contribution in [0.15, 0.2) is 11.8 Å². The molecule has 1 aliphatic heterocycles. The van der Waals surface area contributed by atoms with E-state index in [9.17, 15) is 4.79 Å². The third-order valence-corrected chi connectivity index (χ3v) is 1.28. The van der Waals surface area contributed by atoms with Crippen molar-refractivity contribution in [3.05, 3.63) is 11.8 Å². The van der Waals surface area contributed by atoms with E-state index in [2.05, 4.69) is 4.74 Å². The maximum Gasteiger partial charge on any atom is 0.339 e. The fourth-order valence-electron chi connectivity index (χ4n) is 0.670. The number of esters is 1. The normalized spacial score (nSPS) is 33.0. The lowest BCUT2D eigenvalue weighted by atomic mass is 10.2. The Bertz CT molecular complexity index is 184. The van der Waals surface area contributed by atoms with Crippen LogP contribution in [0.25, 0.3) is 0 Å². The molecule has 0 saturated carbocycles. The monoisotopic (exact) mass is 144 g/mol. The Morgan fingerprint density at radius 2 is 2.30 bits per heavy atom. The van der Waals surface area contributed by atoms with Gasteiger partial charge in [-0.2, -0.15) is 0 Å². The highest BCUT2D eigenvalue weighted by atomic mass is 16.6. The minimum Gasteiger partial charge on any atom is -0.509 e. The van der Waals surface area contributed by atoms with Gasteiger partial charge in [0.15, 0.2) is 12.2 Å². The lowest BCUT2D eigenvalue weighted by Gasteiger charge is -2.19. The standard InChI is InChI=1S/C6H8O4/c1-3-4(7)2-5(8)6(9)10-3/h2-3,5,7-8H,1H3. The zero-order valence-electron chi connectivity index (χ0n) is 5.44. The number of aliphatic hydroxyl groups is 2. The van der Waals surface area contributed by atoms with Crippen molar-refractivity contribution in [3.8, 4) is 0 Å². The average molecular weight is 144 g/mol. The van der Waals surface area contributed by atoms with E-state index >= 15 is 0 Å². The van der Waals surface area contributed by atoms with Crippen LogP contribution in [0.5, 0.6) is 0 Å². The van der Waals surface area contributed by atoms with Gasteiger partial charge in [0.2, 0.25) is 0 Å². The SMILES string of the molecule is CC1OC(=O)C(O)C=C1O. The Kier molecular flexibility index (Phi) is 1.63. The average Bonchev–Trinajstić information content (AvgIpc) is 1.84. The fraction of sp³-hybridized carbons (Fsp3) is 0.500. The number of carbonyl (C=O) groups excluding carboxylic acids is 1. The summed E-state index contributed by atoms with van der Waals surface area (Å²) in [5.74, 6) is -0.822. The van der Waals surface area contributed by atoms with Crippen molar-refractivity contribution in [1.82, 2.24) is 0 Å². The summed E-state index contributed by atoms with van der Waals surface area (Å²) in [5, 5.41) is 17.6. The molecule has 0 fully saturated rings. The summed E-state index contributed by atoms with van der Waals surface area (Å²) in [4.78, 5) is 10.5. The molecule has 1 heterocycles. The number of cyclic esters (lactones) is 1. The second-order valence-corrected chi connectivity index (χ2v) is 2.12. The summed E-state index contributed by atoms with van der Waals surface area (Å²) < 4.78 is 4.50. The van der Waals surface area contributed by atoms with Crippen LogP contribution in [0.1, 0.15) is 6.92 Å². The molecule has 1 rings (SSSR count). The van der Waals surface area contributed by atoms with Crippen LogP contribution >= 0.6 is 0 Å². The van der Waals surface area contributed by atoms with Crippen LogP contribution in [0.4, 0.5) is 0 Å². The Labute approximate surface area is 57.7 Å². The number of hydrogen-bond donors (Lipinski definition) is 2. The van der Waals surface area contributed by atoms with Crippen molar-refractivity contribution < 1.29 is 19.7 Å². The van der Waals surface area contributed by atoms with Gasteiger partial charge in [-0.25, -0.2) is 4.79 Å². The molecule has 4 nitrogen and oxygen atoms in total. The van der Waals surface area contributed by atoms with Gasteiger partial charge < -0.3 is 14.9 Å². The maximum absolute atomic E-state index is 10.5. The van der Waals surface area contributed by atoms with Crippen molar-refractivity contribution in [1.29, 1.82) is 0 Å². The molecule has 0 aromatic rings.